The Hall–Kier alpha value is -3.21. The van der Waals surface area contributed by atoms with E-state index in [4.69, 9.17) is 0 Å². The molecular weight excluding hydrogens is 606 g/mol. The van der Waals surface area contributed by atoms with Crippen LogP contribution in [0, 0.1) is 27.7 Å². The number of allylic oxidation sites excluding steroid dienone is 2. The van der Waals surface area contributed by atoms with Crippen LogP contribution in [0.3, 0.4) is 0 Å². The van der Waals surface area contributed by atoms with Gasteiger partial charge in [0.1, 0.15) is 0 Å². The monoisotopic (exact) mass is 657 g/mol. The van der Waals surface area contributed by atoms with E-state index in [-0.39, 0.29) is 7.12 Å². The van der Waals surface area contributed by atoms with Gasteiger partial charge in [-0.25, -0.2) is 0 Å². The molecule has 0 N–H and O–H groups in total. The number of rotatable bonds is 9. The van der Waals surface area contributed by atoms with Gasteiger partial charge in [0.05, 0.1) is 0 Å². The first-order chi connectivity index (χ1) is 21.6. The van der Waals surface area contributed by atoms with Crippen LogP contribution in [-0.2, 0) is 12.8 Å². The van der Waals surface area contributed by atoms with Crippen molar-refractivity contribution in [2.24, 2.45) is 0 Å². The summed E-state index contributed by atoms with van der Waals surface area (Å²) < 4.78 is 6.08. The quantitative estimate of drug-likeness (QED) is 0.131. The fourth-order valence-corrected chi connectivity index (χ4v) is 20.8. The molecule has 0 atom stereocenters. The van der Waals surface area contributed by atoms with Gasteiger partial charge in [0, 0.05) is 0 Å². The molecule has 232 valence electrons. The summed E-state index contributed by atoms with van der Waals surface area (Å²) in [4.78, 5) is 2.78. The van der Waals surface area contributed by atoms with E-state index in [2.05, 4.69) is 165 Å². The maximum atomic E-state index is 3.04. The summed E-state index contributed by atoms with van der Waals surface area (Å²) >= 11 is -3.10. The van der Waals surface area contributed by atoms with Gasteiger partial charge < -0.3 is 0 Å². The van der Waals surface area contributed by atoms with Gasteiger partial charge in [0.25, 0.3) is 0 Å². The van der Waals surface area contributed by atoms with Gasteiger partial charge in [-0.2, -0.15) is 0 Å². The molecule has 2 aliphatic heterocycles. The van der Waals surface area contributed by atoms with Gasteiger partial charge in [0.2, 0.25) is 0 Å². The SMILES string of the molecule is Cc1cccc(C)c1[N]1B(N(C(C)C)C(C)C)[N](c2c(C)cccc2C)[Ge]12[CH2]C(Cc1ccccc1)=C(Cc1ccccc1)[CH2]2. The van der Waals surface area contributed by atoms with E-state index in [1.54, 1.807) is 11.1 Å². The molecule has 1 spiro atoms. The van der Waals surface area contributed by atoms with Crippen molar-refractivity contribution in [1.82, 2.24) is 4.81 Å². The zero-order valence-corrected chi connectivity index (χ0v) is 30.7. The molecule has 4 aromatic rings. The second-order valence-corrected chi connectivity index (χ2v) is 21.7. The molecule has 0 amide bonds. The first kappa shape index (κ1) is 31.8. The number of aryl methyl sites for hydroxylation is 4. The van der Waals surface area contributed by atoms with Crippen LogP contribution in [0.4, 0.5) is 11.4 Å². The second-order valence-electron chi connectivity index (χ2n) is 14.1. The molecule has 2 heterocycles. The number of hydrogen-bond acceptors (Lipinski definition) is 3. The van der Waals surface area contributed by atoms with Crippen LogP contribution in [-0.4, -0.2) is 37.7 Å². The molecule has 0 bridgehead atoms. The van der Waals surface area contributed by atoms with Crippen molar-refractivity contribution < 1.29 is 0 Å². The van der Waals surface area contributed by atoms with E-state index in [0.717, 1.165) is 12.8 Å². The van der Waals surface area contributed by atoms with Gasteiger partial charge in [0.15, 0.2) is 0 Å². The predicted octanol–water partition coefficient (Wildman–Crippen LogP) is 9.59. The third-order valence-electron chi connectivity index (χ3n) is 10.2. The van der Waals surface area contributed by atoms with Gasteiger partial charge in [-0.15, -0.1) is 0 Å². The Morgan fingerprint density at radius 2 is 0.911 bits per heavy atom. The van der Waals surface area contributed by atoms with Gasteiger partial charge in [-0.05, 0) is 0 Å². The standard InChI is InChI=1S/C40H50BGeN3/c1-29(2)43(30(3)4)41-44(39-31(5)17-15-18-32(39)6)42(45(41)40-33(7)19-16-20-34(40)8)27-37(25-35-21-11-9-12-22-35)38(28-42)26-36-23-13-10-14-24-36/h9-24,29-30H,25-28H2,1-8H3. The molecule has 1 saturated heterocycles. The third kappa shape index (κ3) is 5.81. The molecule has 4 aromatic carbocycles. The van der Waals surface area contributed by atoms with E-state index < -0.39 is 13.7 Å². The third-order valence-corrected chi connectivity index (χ3v) is 20.0. The molecular formula is C40H50BGeN3. The maximum absolute atomic E-state index is 3.10. The summed E-state index contributed by atoms with van der Waals surface area (Å²) in [6.45, 7) is 18.9. The van der Waals surface area contributed by atoms with Crippen molar-refractivity contribution in [1.29, 1.82) is 0 Å². The van der Waals surface area contributed by atoms with Gasteiger partial charge >= 0.3 is 277 Å². The molecule has 3 nitrogen and oxygen atoms in total. The molecule has 0 aromatic heterocycles. The van der Waals surface area contributed by atoms with Crippen LogP contribution in [0.15, 0.2) is 108 Å². The molecule has 2 aliphatic rings. The Bertz CT molecular complexity index is 1520. The number of anilines is 2. The fraction of sp³-hybridized carbons (Fsp3) is 0.350. The van der Waals surface area contributed by atoms with Crippen LogP contribution in [0.1, 0.15) is 61.1 Å². The van der Waals surface area contributed by atoms with Crippen molar-refractivity contribution in [3.05, 3.63) is 142 Å². The average Bonchev–Trinajstić information content (AvgIpc) is 3.36. The Balaban J connectivity index is 1.58. The molecule has 45 heavy (non-hydrogen) atoms. The van der Waals surface area contributed by atoms with Crippen molar-refractivity contribution in [3.8, 4) is 0 Å². The van der Waals surface area contributed by atoms with E-state index in [1.165, 1.54) is 55.3 Å². The molecule has 0 aliphatic carbocycles. The van der Waals surface area contributed by atoms with E-state index in [0.29, 0.717) is 12.1 Å². The molecule has 6 rings (SSSR count). The Labute approximate surface area is 275 Å². The van der Waals surface area contributed by atoms with E-state index in [1.807, 2.05) is 0 Å². The van der Waals surface area contributed by atoms with E-state index >= 15 is 0 Å². The van der Waals surface area contributed by atoms with Gasteiger partial charge in [-0.1, -0.05) is 0 Å². The second kappa shape index (κ2) is 12.9. The summed E-state index contributed by atoms with van der Waals surface area (Å²) in [5, 5.41) is 2.41. The summed E-state index contributed by atoms with van der Waals surface area (Å²) in [5.74, 6) is 0. The topological polar surface area (TPSA) is 9.72 Å². The number of nitrogens with zero attached hydrogens (tertiary/aromatic N) is 3. The van der Waals surface area contributed by atoms with Crippen molar-refractivity contribution >= 4 is 32.2 Å². The van der Waals surface area contributed by atoms with Crippen molar-refractivity contribution in [2.75, 3.05) is 7.54 Å². The minimum absolute atomic E-state index is 0.193. The van der Waals surface area contributed by atoms with Crippen LogP contribution in [0.25, 0.3) is 0 Å². The summed E-state index contributed by atoms with van der Waals surface area (Å²) in [5.41, 5.74) is 14.8. The predicted molar refractivity (Wildman–Crippen MR) is 197 cm³/mol. The molecule has 0 saturated carbocycles. The van der Waals surface area contributed by atoms with Crippen LogP contribution in [0.5, 0.6) is 0 Å². The van der Waals surface area contributed by atoms with E-state index in [9.17, 15) is 0 Å². The first-order valence-electron chi connectivity index (χ1n) is 16.9. The Kier molecular flexibility index (Phi) is 9.09. The first-order valence-corrected chi connectivity index (χ1v) is 21.7. The van der Waals surface area contributed by atoms with Crippen molar-refractivity contribution in [3.63, 3.8) is 0 Å². The zero-order valence-electron chi connectivity index (χ0n) is 28.6. The summed E-state index contributed by atoms with van der Waals surface area (Å²) in [6, 6.07) is 37.0. The van der Waals surface area contributed by atoms with Gasteiger partial charge in [-0.3, -0.25) is 0 Å². The number of hydrogen-bond donors (Lipinski definition) is 0. The van der Waals surface area contributed by atoms with Crippen LogP contribution in [0.2, 0.25) is 10.5 Å². The normalized spacial score (nSPS) is 16.1. The number of benzene rings is 4. The molecule has 5 heteroatoms. The molecule has 0 radical (unpaired) electrons. The van der Waals surface area contributed by atoms with Crippen LogP contribution >= 0.6 is 0 Å². The summed E-state index contributed by atoms with van der Waals surface area (Å²) in [7, 11) is 0.193. The Morgan fingerprint density at radius 1 is 0.556 bits per heavy atom. The van der Waals surface area contributed by atoms with Crippen LogP contribution < -0.4 is 7.54 Å². The fourth-order valence-electron chi connectivity index (χ4n) is 8.42. The number of para-hydroxylation sites is 2. The van der Waals surface area contributed by atoms with Crippen molar-refractivity contribution in [2.45, 2.75) is 90.8 Å². The average molecular weight is 656 g/mol. The zero-order chi connectivity index (χ0) is 31.9. The molecule has 1 fully saturated rings. The molecule has 0 unspecified atom stereocenters. The summed E-state index contributed by atoms with van der Waals surface area (Å²) in [6.07, 6.45) is 2.08. The Morgan fingerprint density at radius 3 is 1.24 bits per heavy atom. The minimum atomic E-state index is -3.10.